The molecule has 1 aromatic carbocycles. The van der Waals surface area contributed by atoms with Gasteiger partial charge < -0.3 is 11.5 Å². The molecule has 1 fully saturated rings. The van der Waals surface area contributed by atoms with E-state index in [-0.39, 0.29) is 5.96 Å². The van der Waals surface area contributed by atoms with E-state index in [9.17, 15) is 0 Å². The molecule has 1 spiro atoms. The van der Waals surface area contributed by atoms with E-state index in [1.165, 1.54) is 6.42 Å². The molecule has 134 valence electrons. The molecule has 6 nitrogen and oxygen atoms in total. The van der Waals surface area contributed by atoms with Crippen molar-refractivity contribution in [3.63, 3.8) is 0 Å². The molecule has 6 heteroatoms. The molecule has 4 rings (SSSR count). The minimum absolute atomic E-state index is 0.279. The van der Waals surface area contributed by atoms with Crippen LogP contribution in [0.15, 0.2) is 52.6 Å². The minimum atomic E-state index is -0.406. The fourth-order valence-corrected chi connectivity index (χ4v) is 4.05. The molecule has 2 heterocycles. The molecule has 0 radical (unpaired) electrons. The van der Waals surface area contributed by atoms with Gasteiger partial charge in [-0.2, -0.15) is 4.99 Å². The highest BCUT2D eigenvalue weighted by atomic mass is 15.4. The summed E-state index contributed by atoms with van der Waals surface area (Å²) in [5.41, 5.74) is 16.0. The molecule has 26 heavy (non-hydrogen) atoms. The maximum absolute atomic E-state index is 6.28. The molecule has 2 aliphatic rings. The summed E-state index contributed by atoms with van der Waals surface area (Å²) in [6, 6.07) is 12.3. The normalized spacial score (nSPS) is 19.2. The highest BCUT2D eigenvalue weighted by molar-refractivity contribution is 6.05. The topological polar surface area (TPSA) is 92.9 Å². The first-order valence-electron chi connectivity index (χ1n) is 9.11. The van der Waals surface area contributed by atoms with Crippen molar-refractivity contribution < 1.29 is 0 Å². The van der Waals surface area contributed by atoms with Gasteiger partial charge in [0.15, 0.2) is 0 Å². The number of hydrogen-bond acceptors (Lipinski definition) is 6. The standard InChI is InChI=1S/C20H24N6/c1-14-6-5-13-23-17(14)15-7-9-16(10-8-15)26-19(22)24-18(21)25-20(26)11-3-2-4-12-20/h5-10,13H,2-4,11-12H2,1H3,(H4,21,22,24,25). The molecule has 0 bridgehead atoms. The van der Waals surface area contributed by atoms with Crippen molar-refractivity contribution in [3.8, 4) is 11.3 Å². The SMILES string of the molecule is Cc1cccnc1-c1ccc(N2C(N)=NC(N)=NC23CCCCC3)cc1. The number of nitrogens with zero attached hydrogens (tertiary/aromatic N) is 4. The maximum Gasteiger partial charge on any atom is 0.220 e. The van der Waals surface area contributed by atoms with Crippen molar-refractivity contribution in [3.05, 3.63) is 48.2 Å². The summed E-state index contributed by atoms with van der Waals surface area (Å²) in [5, 5.41) is 0. The van der Waals surface area contributed by atoms with E-state index in [2.05, 4.69) is 52.1 Å². The van der Waals surface area contributed by atoms with Gasteiger partial charge in [0.2, 0.25) is 11.9 Å². The molecule has 1 aromatic heterocycles. The average Bonchev–Trinajstić information content (AvgIpc) is 2.63. The van der Waals surface area contributed by atoms with Gasteiger partial charge in [-0.05, 0) is 56.4 Å². The Balaban J connectivity index is 1.72. The Morgan fingerprint density at radius 2 is 1.73 bits per heavy atom. The van der Waals surface area contributed by atoms with Crippen LogP contribution < -0.4 is 16.4 Å². The fraction of sp³-hybridized carbons (Fsp3) is 0.350. The van der Waals surface area contributed by atoms with E-state index < -0.39 is 5.66 Å². The smallest absolute Gasteiger partial charge is 0.220 e. The molecule has 0 amide bonds. The molecule has 0 unspecified atom stereocenters. The van der Waals surface area contributed by atoms with Gasteiger partial charge in [0.05, 0.1) is 5.69 Å². The van der Waals surface area contributed by atoms with Gasteiger partial charge in [-0.3, -0.25) is 9.88 Å². The van der Waals surface area contributed by atoms with E-state index in [1.54, 1.807) is 0 Å². The zero-order valence-corrected chi connectivity index (χ0v) is 15.0. The number of guanidine groups is 2. The Labute approximate surface area is 153 Å². The molecular formula is C20H24N6. The molecular weight excluding hydrogens is 324 g/mol. The number of pyridine rings is 1. The van der Waals surface area contributed by atoms with Crippen LogP contribution in [0.5, 0.6) is 0 Å². The molecule has 1 aliphatic carbocycles. The van der Waals surface area contributed by atoms with Crippen molar-refractivity contribution in [2.24, 2.45) is 21.5 Å². The van der Waals surface area contributed by atoms with Crippen LogP contribution >= 0.6 is 0 Å². The molecule has 2 aromatic rings. The lowest BCUT2D eigenvalue weighted by Crippen LogP contribution is -2.58. The summed E-state index contributed by atoms with van der Waals surface area (Å²) in [4.78, 5) is 15.5. The zero-order chi connectivity index (χ0) is 18.1. The summed E-state index contributed by atoms with van der Waals surface area (Å²) in [5.74, 6) is 0.697. The maximum atomic E-state index is 6.28. The van der Waals surface area contributed by atoms with Gasteiger partial charge in [-0.25, -0.2) is 4.99 Å². The van der Waals surface area contributed by atoms with E-state index in [1.807, 2.05) is 12.3 Å². The Hall–Kier alpha value is -2.89. The van der Waals surface area contributed by atoms with Crippen LogP contribution in [0, 0.1) is 6.92 Å². The minimum Gasteiger partial charge on any atom is -0.369 e. The monoisotopic (exact) mass is 348 g/mol. The van der Waals surface area contributed by atoms with Gasteiger partial charge in [0, 0.05) is 17.4 Å². The summed E-state index contributed by atoms with van der Waals surface area (Å²) in [6.45, 7) is 2.07. The van der Waals surface area contributed by atoms with Crippen LogP contribution in [-0.4, -0.2) is 22.6 Å². The largest absolute Gasteiger partial charge is 0.369 e. The quantitative estimate of drug-likeness (QED) is 0.872. The van der Waals surface area contributed by atoms with E-state index in [0.29, 0.717) is 5.96 Å². The third-order valence-electron chi connectivity index (χ3n) is 5.26. The number of anilines is 1. The predicted octanol–water partition coefficient (Wildman–Crippen LogP) is 3.17. The Bertz CT molecular complexity index is 862. The number of aryl methyl sites for hydroxylation is 1. The lowest BCUT2D eigenvalue weighted by atomic mass is 9.87. The zero-order valence-electron chi connectivity index (χ0n) is 15.0. The van der Waals surface area contributed by atoms with Gasteiger partial charge in [-0.15, -0.1) is 0 Å². The Kier molecular flexibility index (Phi) is 4.11. The average molecular weight is 348 g/mol. The second kappa shape index (κ2) is 6.44. The number of benzene rings is 1. The van der Waals surface area contributed by atoms with Crippen LogP contribution in [-0.2, 0) is 0 Å². The first-order chi connectivity index (χ1) is 12.6. The van der Waals surface area contributed by atoms with E-state index >= 15 is 0 Å². The van der Waals surface area contributed by atoms with Crippen molar-refractivity contribution >= 4 is 17.6 Å². The first-order valence-corrected chi connectivity index (χ1v) is 9.11. The van der Waals surface area contributed by atoms with Crippen LogP contribution in [0.25, 0.3) is 11.3 Å². The predicted molar refractivity (Wildman–Crippen MR) is 106 cm³/mol. The number of aromatic nitrogens is 1. The molecule has 4 N–H and O–H groups in total. The number of hydrogen-bond donors (Lipinski definition) is 2. The molecule has 1 saturated carbocycles. The Morgan fingerprint density at radius 3 is 2.42 bits per heavy atom. The summed E-state index contributed by atoms with van der Waals surface area (Å²) in [6.07, 6.45) is 7.15. The van der Waals surface area contributed by atoms with Crippen molar-refractivity contribution in [1.82, 2.24) is 4.98 Å². The highest BCUT2D eigenvalue weighted by Gasteiger charge is 2.42. The summed E-state index contributed by atoms with van der Waals surface area (Å²) >= 11 is 0. The third kappa shape index (κ3) is 2.81. The first kappa shape index (κ1) is 16.6. The van der Waals surface area contributed by atoms with Crippen LogP contribution in [0.3, 0.4) is 0 Å². The Morgan fingerprint density at radius 1 is 1.00 bits per heavy atom. The van der Waals surface area contributed by atoms with Gasteiger partial charge in [0.25, 0.3) is 0 Å². The van der Waals surface area contributed by atoms with Crippen molar-refractivity contribution in [1.29, 1.82) is 0 Å². The number of nitrogens with two attached hydrogens (primary N) is 2. The third-order valence-corrected chi connectivity index (χ3v) is 5.26. The molecule has 0 atom stereocenters. The second-order valence-electron chi connectivity index (χ2n) is 7.03. The van der Waals surface area contributed by atoms with Gasteiger partial charge in [0.1, 0.15) is 5.66 Å². The van der Waals surface area contributed by atoms with Gasteiger partial charge in [-0.1, -0.05) is 24.6 Å². The lowest BCUT2D eigenvalue weighted by Gasteiger charge is -2.45. The molecule has 0 saturated heterocycles. The number of rotatable bonds is 2. The lowest BCUT2D eigenvalue weighted by molar-refractivity contribution is 0.305. The van der Waals surface area contributed by atoms with Crippen LogP contribution in [0.2, 0.25) is 0 Å². The van der Waals surface area contributed by atoms with Crippen molar-refractivity contribution in [2.45, 2.75) is 44.7 Å². The van der Waals surface area contributed by atoms with E-state index in [4.69, 9.17) is 16.5 Å². The van der Waals surface area contributed by atoms with E-state index in [0.717, 1.165) is 48.2 Å². The molecule has 1 aliphatic heterocycles. The number of aliphatic imine (C=N–C) groups is 2. The van der Waals surface area contributed by atoms with Crippen molar-refractivity contribution in [2.75, 3.05) is 4.90 Å². The van der Waals surface area contributed by atoms with Crippen LogP contribution in [0.4, 0.5) is 5.69 Å². The second-order valence-corrected chi connectivity index (χ2v) is 7.03. The highest BCUT2D eigenvalue weighted by Crippen LogP contribution is 2.39. The van der Waals surface area contributed by atoms with Crippen LogP contribution in [0.1, 0.15) is 37.7 Å². The summed E-state index contributed by atoms with van der Waals surface area (Å²) < 4.78 is 0. The van der Waals surface area contributed by atoms with Gasteiger partial charge >= 0.3 is 0 Å². The fourth-order valence-electron chi connectivity index (χ4n) is 4.05. The summed E-state index contributed by atoms with van der Waals surface area (Å²) in [7, 11) is 0.